The summed E-state index contributed by atoms with van der Waals surface area (Å²) in [6.07, 6.45) is -0.652. The number of hydrogen-bond acceptors (Lipinski definition) is 5. The SMILES string of the molecule is Cc1nc2c(-c3cc4nc(C)n(C)c4cc3C(F)(F)F)cccn2c1C(=O)c1cc(F)c(NC(=O)/C=C/CNC(C)(C)C)c(F)c1. The molecule has 0 spiro atoms. The van der Waals surface area contributed by atoms with E-state index in [2.05, 4.69) is 20.6 Å². The lowest BCUT2D eigenvalue weighted by atomic mass is 9.99. The molecule has 2 aromatic carbocycles. The van der Waals surface area contributed by atoms with Gasteiger partial charge < -0.3 is 15.2 Å². The smallest absolute Gasteiger partial charge is 0.331 e. The van der Waals surface area contributed by atoms with Gasteiger partial charge in [-0.25, -0.2) is 18.7 Å². The van der Waals surface area contributed by atoms with Gasteiger partial charge in [0.2, 0.25) is 11.7 Å². The number of aromatic nitrogens is 4. The molecule has 5 aromatic rings. The Morgan fingerprint density at radius 1 is 0.978 bits per heavy atom. The number of carbonyl (C=O) groups excluding carboxylic acids is 2. The monoisotopic (exact) mass is 638 g/mol. The second-order valence-corrected chi connectivity index (χ2v) is 11.9. The highest BCUT2D eigenvalue weighted by atomic mass is 19.4. The van der Waals surface area contributed by atoms with Gasteiger partial charge in [-0.1, -0.05) is 6.08 Å². The van der Waals surface area contributed by atoms with Crippen LogP contribution in [0, 0.1) is 25.5 Å². The van der Waals surface area contributed by atoms with E-state index in [1.54, 1.807) is 18.5 Å². The molecular formula is C33H31F5N6O2. The zero-order valence-electron chi connectivity index (χ0n) is 25.9. The summed E-state index contributed by atoms with van der Waals surface area (Å²) in [6.45, 7) is 9.32. The molecule has 3 heterocycles. The van der Waals surface area contributed by atoms with Gasteiger partial charge in [0.25, 0.3) is 0 Å². The minimum absolute atomic E-state index is 0.0402. The number of ketones is 1. The van der Waals surface area contributed by atoms with Crippen molar-refractivity contribution < 1.29 is 31.5 Å². The highest BCUT2D eigenvalue weighted by molar-refractivity contribution is 6.10. The molecule has 2 N–H and O–H groups in total. The maximum atomic E-state index is 15.1. The van der Waals surface area contributed by atoms with Gasteiger partial charge in [0.05, 0.1) is 22.3 Å². The number of nitrogens with one attached hydrogen (secondary N) is 2. The van der Waals surface area contributed by atoms with Crippen LogP contribution in [0.2, 0.25) is 0 Å². The first kappa shape index (κ1) is 32.5. The van der Waals surface area contributed by atoms with Crippen molar-refractivity contribution in [1.29, 1.82) is 0 Å². The molecule has 13 heteroatoms. The van der Waals surface area contributed by atoms with Crippen LogP contribution in [0.5, 0.6) is 0 Å². The summed E-state index contributed by atoms with van der Waals surface area (Å²) in [4.78, 5) is 34.7. The summed E-state index contributed by atoms with van der Waals surface area (Å²) in [5.41, 5.74) is -1.59. The fourth-order valence-corrected chi connectivity index (χ4v) is 5.14. The van der Waals surface area contributed by atoms with Crippen LogP contribution in [-0.2, 0) is 18.0 Å². The number of amides is 1. The molecule has 0 aliphatic rings. The number of anilines is 1. The predicted molar refractivity (Wildman–Crippen MR) is 165 cm³/mol. The van der Waals surface area contributed by atoms with E-state index in [1.807, 2.05) is 20.8 Å². The Morgan fingerprint density at radius 3 is 2.28 bits per heavy atom. The van der Waals surface area contributed by atoms with Crippen LogP contribution in [0.1, 0.15) is 53.9 Å². The average Bonchev–Trinajstić information content (AvgIpc) is 3.44. The van der Waals surface area contributed by atoms with Gasteiger partial charge in [-0.3, -0.25) is 14.0 Å². The van der Waals surface area contributed by atoms with Crippen LogP contribution < -0.4 is 10.6 Å². The minimum Gasteiger partial charge on any atom is -0.331 e. The molecule has 5 rings (SSSR count). The Bertz CT molecular complexity index is 2030. The molecule has 0 fully saturated rings. The number of rotatable bonds is 7. The van der Waals surface area contributed by atoms with Crippen molar-refractivity contribution >= 4 is 34.1 Å². The van der Waals surface area contributed by atoms with Gasteiger partial charge in [0, 0.05) is 42.5 Å². The zero-order chi connectivity index (χ0) is 33.7. The number of imidazole rings is 2. The van der Waals surface area contributed by atoms with Gasteiger partial charge >= 0.3 is 6.18 Å². The molecule has 8 nitrogen and oxygen atoms in total. The Morgan fingerprint density at radius 2 is 1.65 bits per heavy atom. The molecule has 0 bridgehead atoms. The Balaban J connectivity index is 1.52. The molecule has 0 unspecified atom stereocenters. The minimum atomic E-state index is -4.72. The summed E-state index contributed by atoms with van der Waals surface area (Å²) in [7, 11) is 1.62. The first-order valence-electron chi connectivity index (χ1n) is 14.2. The molecule has 0 radical (unpaired) electrons. The third kappa shape index (κ3) is 6.27. The molecular weight excluding hydrogens is 607 g/mol. The van der Waals surface area contributed by atoms with E-state index >= 15 is 8.78 Å². The molecule has 0 saturated heterocycles. The molecule has 240 valence electrons. The lowest BCUT2D eigenvalue weighted by molar-refractivity contribution is -0.137. The summed E-state index contributed by atoms with van der Waals surface area (Å²) < 4.78 is 75.9. The maximum Gasteiger partial charge on any atom is 0.417 e. The summed E-state index contributed by atoms with van der Waals surface area (Å²) in [5.74, 6) is -3.43. The van der Waals surface area contributed by atoms with Crippen LogP contribution in [0.25, 0.3) is 27.8 Å². The van der Waals surface area contributed by atoms with Crippen LogP contribution in [0.4, 0.5) is 27.6 Å². The van der Waals surface area contributed by atoms with Crippen molar-refractivity contribution in [2.45, 2.75) is 46.3 Å². The third-order valence-electron chi connectivity index (χ3n) is 7.45. The first-order chi connectivity index (χ1) is 21.5. The van der Waals surface area contributed by atoms with Crippen molar-refractivity contribution in [3.05, 3.63) is 94.7 Å². The standard InChI is InChI=1S/C33H31F5N6O2/c1-17-29(30(46)19-13-23(34)28(24(35)14-19)42-27(45)10-7-11-39-32(3,4)5)44-12-8-9-20(31(44)40-17)21-15-25-26(43(6)18(2)41-25)16-22(21)33(36,37)38/h7-10,12-16,39H,11H2,1-6H3,(H,42,45)/b10-7+. The Labute approximate surface area is 261 Å². The number of carbonyl (C=O) groups is 2. The zero-order valence-corrected chi connectivity index (χ0v) is 25.9. The number of benzene rings is 2. The van der Waals surface area contributed by atoms with Gasteiger partial charge in [-0.2, -0.15) is 13.2 Å². The molecule has 0 atom stereocenters. The Hall–Kier alpha value is -4.91. The predicted octanol–water partition coefficient (Wildman–Crippen LogP) is 6.92. The van der Waals surface area contributed by atoms with Crippen LogP contribution >= 0.6 is 0 Å². The van der Waals surface area contributed by atoms with E-state index in [4.69, 9.17) is 0 Å². The van der Waals surface area contributed by atoms with Gasteiger partial charge in [0.1, 0.15) is 34.5 Å². The first-order valence-corrected chi connectivity index (χ1v) is 14.2. The molecule has 1 amide bonds. The van der Waals surface area contributed by atoms with Crippen molar-refractivity contribution in [3.8, 4) is 11.1 Å². The largest absolute Gasteiger partial charge is 0.417 e. The normalized spacial score (nSPS) is 12.5. The third-order valence-corrected chi connectivity index (χ3v) is 7.45. The second-order valence-electron chi connectivity index (χ2n) is 11.9. The fraction of sp³-hybridized carbons (Fsp3) is 0.273. The number of aryl methyl sites for hydroxylation is 3. The molecule has 0 aliphatic carbocycles. The lowest BCUT2D eigenvalue weighted by Gasteiger charge is -2.18. The van der Waals surface area contributed by atoms with Gasteiger partial charge in [-0.05, 0) is 76.6 Å². The lowest BCUT2D eigenvalue weighted by Crippen LogP contribution is -2.35. The van der Waals surface area contributed by atoms with E-state index in [0.29, 0.717) is 23.4 Å². The number of alkyl halides is 3. The topological polar surface area (TPSA) is 93.3 Å². The maximum absolute atomic E-state index is 15.1. The van der Waals surface area contributed by atoms with E-state index in [0.717, 1.165) is 24.3 Å². The quantitative estimate of drug-likeness (QED) is 0.115. The summed E-state index contributed by atoms with van der Waals surface area (Å²) in [5, 5.41) is 5.28. The van der Waals surface area contributed by atoms with E-state index in [1.165, 1.54) is 41.8 Å². The highest BCUT2D eigenvalue weighted by Gasteiger charge is 2.36. The Kier molecular flexibility index (Phi) is 8.32. The highest BCUT2D eigenvalue weighted by Crippen LogP contribution is 2.41. The summed E-state index contributed by atoms with van der Waals surface area (Å²) >= 11 is 0. The molecule has 0 aliphatic heterocycles. The summed E-state index contributed by atoms with van der Waals surface area (Å²) in [6, 6.07) is 6.84. The number of nitrogens with zero attached hydrogens (tertiary/aromatic N) is 4. The van der Waals surface area contributed by atoms with Crippen molar-refractivity contribution in [1.82, 2.24) is 24.3 Å². The van der Waals surface area contributed by atoms with Crippen LogP contribution in [0.15, 0.2) is 54.7 Å². The molecule has 46 heavy (non-hydrogen) atoms. The van der Waals surface area contributed by atoms with Crippen LogP contribution in [0.3, 0.4) is 0 Å². The van der Waals surface area contributed by atoms with Crippen molar-refractivity contribution in [2.75, 3.05) is 11.9 Å². The van der Waals surface area contributed by atoms with Crippen LogP contribution in [-0.4, -0.2) is 42.7 Å². The molecule has 3 aromatic heterocycles. The van der Waals surface area contributed by atoms with E-state index in [9.17, 15) is 22.8 Å². The number of hydrogen-bond donors (Lipinski definition) is 2. The average molecular weight is 639 g/mol. The molecule has 0 saturated carbocycles. The van der Waals surface area contributed by atoms with E-state index in [-0.39, 0.29) is 39.3 Å². The fourth-order valence-electron chi connectivity index (χ4n) is 5.14. The van der Waals surface area contributed by atoms with Crippen molar-refractivity contribution in [3.63, 3.8) is 0 Å². The second kappa shape index (κ2) is 11.8. The number of halogens is 5. The van der Waals surface area contributed by atoms with Gasteiger partial charge in [-0.15, -0.1) is 0 Å². The van der Waals surface area contributed by atoms with Crippen molar-refractivity contribution in [2.24, 2.45) is 7.05 Å². The van der Waals surface area contributed by atoms with Gasteiger partial charge in [0.15, 0.2) is 0 Å². The number of fused-ring (bicyclic) bond motifs is 2. The number of pyridine rings is 1. The van der Waals surface area contributed by atoms with E-state index < -0.39 is 40.8 Å².